The quantitative estimate of drug-likeness (QED) is 0.757. The molecule has 140 valence electrons. The number of nitrogens with zero attached hydrogens (tertiary/aromatic N) is 6. The van der Waals surface area contributed by atoms with E-state index in [0.717, 1.165) is 24.4 Å². The van der Waals surface area contributed by atoms with E-state index in [-0.39, 0.29) is 6.04 Å². The number of thiazole rings is 1. The molecule has 1 fully saturated rings. The van der Waals surface area contributed by atoms with Crippen molar-refractivity contribution < 1.29 is 9.18 Å². The number of hydrazone groups is 1. The molecule has 9 heteroatoms. The van der Waals surface area contributed by atoms with Gasteiger partial charge in [-0.2, -0.15) is 10.4 Å². The van der Waals surface area contributed by atoms with E-state index in [9.17, 15) is 9.18 Å². The number of nitriles is 1. The number of carbonyl (C=O) groups excluding carboxylic acids is 1. The van der Waals surface area contributed by atoms with Crippen molar-refractivity contribution in [3.8, 4) is 6.07 Å². The normalized spacial score (nSPS) is 18.6. The van der Waals surface area contributed by atoms with Gasteiger partial charge in [0.1, 0.15) is 16.8 Å². The van der Waals surface area contributed by atoms with Crippen molar-refractivity contribution in [1.29, 1.82) is 5.26 Å². The third-order valence-corrected chi connectivity index (χ3v) is 5.27. The van der Waals surface area contributed by atoms with Gasteiger partial charge in [-0.3, -0.25) is 9.78 Å². The molecule has 4 heterocycles. The van der Waals surface area contributed by atoms with Gasteiger partial charge in [0.05, 0.1) is 18.4 Å². The van der Waals surface area contributed by atoms with E-state index >= 15 is 0 Å². The SMILES string of the molecule is N#Cc1cnc(N2CCCCC2)s1.O=CN1N=CCC1c1cncc(F)c1. The van der Waals surface area contributed by atoms with Crippen molar-refractivity contribution in [2.75, 3.05) is 18.0 Å². The Hall–Kier alpha value is -2.86. The fourth-order valence-corrected chi connectivity index (χ4v) is 3.74. The molecule has 0 aromatic carbocycles. The molecule has 0 saturated carbocycles. The molecule has 7 nitrogen and oxygen atoms in total. The van der Waals surface area contributed by atoms with E-state index < -0.39 is 5.82 Å². The van der Waals surface area contributed by atoms with Crippen molar-refractivity contribution in [3.05, 3.63) is 40.9 Å². The van der Waals surface area contributed by atoms with Crippen LogP contribution in [0, 0.1) is 17.1 Å². The average molecular weight is 386 g/mol. The largest absolute Gasteiger partial charge is 0.348 e. The van der Waals surface area contributed by atoms with Crippen LogP contribution < -0.4 is 4.90 Å². The van der Waals surface area contributed by atoms with Crippen LogP contribution in [0.2, 0.25) is 0 Å². The molecule has 0 N–H and O–H groups in total. The first-order valence-electron chi connectivity index (χ1n) is 8.68. The monoisotopic (exact) mass is 386 g/mol. The number of carbonyl (C=O) groups is 1. The third-order valence-electron chi connectivity index (χ3n) is 4.31. The molecule has 1 amide bonds. The van der Waals surface area contributed by atoms with Crippen molar-refractivity contribution in [2.24, 2.45) is 5.10 Å². The fourth-order valence-electron chi connectivity index (χ4n) is 2.98. The summed E-state index contributed by atoms with van der Waals surface area (Å²) in [6.45, 7) is 2.19. The molecule has 2 aliphatic heterocycles. The fraction of sp³-hybridized carbons (Fsp3) is 0.389. The maximum atomic E-state index is 12.8. The predicted molar refractivity (Wildman–Crippen MR) is 101 cm³/mol. The molecule has 1 atom stereocenters. The molecule has 4 rings (SSSR count). The first-order valence-corrected chi connectivity index (χ1v) is 9.50. The molecule has 27 heavy (non-hydrogen) atoms. The molecular weight excluding hydrogens is 367 g/mol. The van der Waals surface area contributed by atoms with Crippen LogP contribution in [0.5, 0.6) is 0 Å². The number of amides is 1. The van der Waals surface area contributed by atoms with Crippen molar-refractivity contribution >= 4 is 29.1 Å². The number of hydrogen-bond donors (Lipinski definition) is 0. The second-order valence-electron chi connectivity index (χ2n) is 6.14. The highest BCUT2D eigenvalue weighted by Gasteiger charge is 2.22. The number of piperidine rings is 1. The van der Waals surface area contributed by atoms with Gasteiger partial charge in [-0.25, -0.2) is 14.4 Å². The standard InChI is InChI=1S/C9H8FN3O.C9H11N3S/c10-8-3-7(4-11-5-8)9-1-2-12-13(9)6-14;10-6-8-7-11-9(13-8)12-4-2-1-3-5-12/h2-6,9H,1H2;7H,1-5H2. The van der Waals surface area contributed by atoms with Gasteiger partial charge in [-0.15, -0.1) is 0 Å². The minimum atomic E-state index is -0.403. The molecule has 2 aromatic heterocycles. The van der Waals surface area contributed by atoms with Gasteiger partial charge in [-0.05, 0) is 30.9 Å². The average Bonchev–Trinajstić information content (AvgIpc) is 3.38. The first-order chi connectivity index (χ1) is 13.2. The van der Waals surface area contributed by atoms with Crippen LogP contribution in [0.25, 0.3) is 0 Å². The molecule has 0 aliphatic carbocycles. The van der Waals surface area contributed by atoms with Crippen molar-refractivity contribution in [2.45, 2.75) is 31.7 Å². The topological polar surface area (TPSA) is 85.5 Å². The van der Waals surface area contributed by atoms with Crippen LogP contribution >= 0.6 is 11.3 Å². The molecule has 0 bridgehead atoms. The zero-order valence-corrected chi connectivity index (χ0v) is 15.5. The number of hydrogen-bond acceptors (Lipinski definition) is 7. The van der Waals surface area contributed by atoms with Crippen LogP contribution in [0.1, 0.15) is 42.2 Å². The lowest BCUT2D eigenvalue weighted by Crippen LogP contribution is -2.29. The van der Waals surface area contributed by atoms with E-state index in [1.165, 1.54) is 41.7 Å². The summed E-state index contributed by atoms with van der Waals surface area (Å²) in [5.74, 6) is -0.403. The second-order valence-corrected chi connectivity index (χ2v) is 7.15. The Morgan fingerprint density at radius 3 is 2.74 bits per heavy atom. The number of rotatable bonds is 3. The van der Waals surface area contributed by atoms with Gasteiger partial charge >= 0.3 is 0 Å². The van der Waals surface area contributed by atoms with Gasteiger partial charge in [0.25, 0.3) is 0 Å². The van der Waals surface area contributed by atoms with E-state index in [1.807, 2.05) is 0 Å². The first kappa shape index (κ1) is 18.9. The van der Waals surface area contributed by atoms with Crippen molar-refractivity contribution in [1.82, 2.24) is 15.0 Å². The molecule has 2 aromatic rings. The number of halogens is 1. The van der Waals surface area contributed by atoms with Gasteiger partial charge in [0.15, 0.2) is 5.13 Å². The summed E-state index contributed by atoms with van der Waals surface area (Å²) in [4.78, 5) is 21.5. The lowest BCUT2D eigenvalue weighted by molar-refractivity contribution is -0.119. The molecular formula is C18H19FN6OS. The number of aromatic nitrogens is 2. The summed E-state index contributed by atoms with van der Waals surface area (Å²) in [7, 11) is 0. The maximum absolute atomic E-state index is 12.8. The maximum Gasteiger partial charge on any atom is 0.230 e. The smallest absolute Gasteiger partial charge is 0.230 e. The van der Waals surface area contributed by atoms with Gasteiger partial charge in [0, 0.05) is 31.9 Å². The summed E-state index contributed by atoms with van der Waals surface area (Å²) in [6, 6.07) is 3.27. The minimum Gasteiger partial charge on any atom is -0.348 e. The summed E-state index contributed by atoms with van der Waals surface area (Å²) in [6.07, 6.45) is 11.0. The zero-order chi connectivity index (χ0) is 19.1. The summed E-state index contributed by atoms with van der Waals surface area (Å²) >= 11 is 1.49. The highest BCUT2D eigenvalue weighted by atomic mass is 32.1. The molecule has 2 aliphatic rings. The molecule has 0 radical (unpaired) electrons. The Bertz CT molecular complexity index is 842. The van der Waals surface area contributed by atoms with Crippen LogP contribution in [0.15, 0.2) is 29.8 Å². The summed E-state index contributed by atoms with van der Waals surface area (Å²) in [5.41, 5.74) is 0.662. The van der Waals surface area contributed by atoms with E-state index in [4.69, 9.17) is 5.26 Å². The highest BCUT2D eigenvalue weighted by molar-refractivity contribution is 7.16. The Morgan fingerprint density at radius 1 is 1.26 bits per heavy atom. The van der Waals surface area contributed by atoms with Crippen LogP contribution in [-0.2, 0) is 4.79 Å². The van der Waals surface area contributed by atoms with Gasteiger partial charge in [-0.1, -0.05) is 11.3 Å². The van der Waals surface area contributed by atoms with Crippen LogP contribution in [0.4, 0.5) is 9.52 Å². The van der Waals surface area contributed by atoms with Crippen LogP contribution in [-0.4, -0.2) is 40.7 Å². The lowest BCUT2D eigenvalue weighted by atomic mass is 10.1. The zero-order valence-electron chi connectivity index (χ0n) is 14.7. The molecule has 1 saturated heterocycles. The Labute approximate surface area is 160 Å². The van der Waals surface area contributed by atoms with E-state index in [0.29, 0.717) is 23.3 Å². The summed E-state index contributed by atoms with van der Waals surface area (Å²) in [5, 5.41) is 14.8. The van der Waals surface area contributed by atoms with E-state index in [1.54, 1.807) is 18.6 Å². The van der Waals surface area contributed by atoms with Gasteiger partial charge < -0.3 is 4.90 Å². The lowest BCUT2D eigenvalue weighted by Gasteiger charge is -2.25. The Balaban J connectivity index is 0.000000156. The van der Waals surface area contributed by atoms with E-state index in [2.05, 4.69) is 26.0 Å². The second kappa shape index (κ2) is 9.19. The predicted octanol–water partition coefficient (Wildman–Crippen LogP) is 3.11. The van der Waals surface area contributed by atoms with Crippen LogP contribution in [0.3, 0.4) is 0 Å². The molecule has 0 spiro atoms. The van der Waals surface area contributed by atoms with Crippen molar-refractivity contribution in [3.63, 3.8) is 0 Å². The highest BCUT2D eigenvalue weighted by Crippen LogP contribution is 2.26. The molecule has 1 unspecified atom stereocenters. The summed E-state index contributed by atoms with van der Waals surface area (Å²) < 4.78 is 12.8. The third kappa shape index (κ3) is 4.86. The Kier molecular flexibility index (Phi) is 6.44. The number of pyridine rings is 1. The van der Waals surface area contributed by atoms with Gasteiger partial charge in [0.2, 0.25) is 6.41 Å². The Morgan fingerprint density at radius 2 is 2.07 bits per heavy atom. The number of anilines is 1. The minimum absolute atomic E-state index is 0.212.